The number of fused-ring (bicyclic) bond motifs is 1. The van der Waals surface area contributed by atoms with Gasteiger partial charge in [0.05, 0.1) is 21.8 Å². The molecule has 0 aliphatic rings. The molecule has 0 radical (unpaired) electrons. The molecule has 0 bridgehead atoms. The van der Waals surface area contributed by atoms with E-state index in [0.29, 0.717) is 6.54 Å². The summed E-state index contributed by atoms with van der Waals surface area (Å²) in [7, 11) is 0. The highest BCUT2D eigenvalue weighted by Crippen LogP contribution is 2.25. The lowest BCUT2D eigenvalue weighted by Gasteiger charge is -2.03. The molecule has 0 amide bonds. The van der Waals surface area contributed by atoms with Crippen LogP contribution in [0, 0.1) is 0 Å². The molecule has 0 saturated heterocycles. The third-order valence-electron chi connectivity index (χ3n) is 4.92. The van der Waals surface area contributed by atoms with Crippen molar-refractivity contribution in [3.05, 3.63) is 95.3 Å². The van der Waals surface area contributed by atoms with Gasteiger partial charge in [0.15, 0.2) is 6.20 Å². The number of carbonyl (C=O) groups is 1. The number of aromatic nitrogens is 3. The molecule has 2 aromatic carbocycles. The lowest BCUT2D eigenvalue weighted by atomic mass is 10.1. The Hall–Kier alpha value is -3.28. The van der Waals surface area contributed by atoms with Gasteiger partial charge in [-0.15, -0.1) is 11.3 Å². The van der Waals surface area contributed by atoms with Gasteiger partial charge < -0.3 is 12.4 Å². The minimum atomic E-state index is 0. The van der Waals surface area contributed by atoms with Crippen LogP contribution in [0.2, 0.25) is 0 Å². The number of H-pyrrole nitrogens is 1. The van der Waals surface area contributed by atoms with Crippen molar-refractivity contribution in [2.24, 2.45) is 0 Å². The number of hydrogen-bond donors (Lipinski definition) is 1. The summed E-state index contributed by atoms with van der Waals surface area (Å²) in [5.41, 5.74) is 4.91. The summed E-state index contributed by atoms with van der Waals surface area (Å²) >= 11 is 1.48. The molecule has 30 heavy (non-hydrogen) atoms. The number of nitrogens with zero attached hydrogens (tertiary/aromatic N) is 2. The number of pyridine rings is 1. The molecule has 0 spiro atoms. The van der Waals surface area contributed by atoms with Crippen LogP contribution in [-0.2, 0) is 6.54 Å². The van der Waals surface area contributed by atoms with Gasteiger partial charge in [0.2, 0.25) is 17.8 Å². The van der Waals surface area contributed by atoms with Crippen molar-refractivity contribution >= 4 is 28.0 Å². The molecule has 0 atom stereocenters. The summed E-state index contributed by atoms with van der Waals surface area (Å²) in [5, 5.41) is 10.7. The smallest absolute Gasteiger partial charge is 0.237 e. The first-order valence-corrected chi connectivity index (χ1v) is 10.3. The molecule has 5 aromatic rings. The van der Waals surface area contributed by atoms with E-state index in [4.69, 9.17) is 0 Å². The summed E-state index contributed by atoms with van der Waals surface area (Å²) < 4.78 is 2.02. The van der Waals surface area contributed by atoms with Crippen molar-refractivity contribution in [1.82, 2.24) is 10.2 Å². The lowest BCUT2D eigenvalue weighted by Crippen LogP contribution is -3.00. The minimum Gasteiger partial charge on any atom is -1.00 e. The summed E-state index contributed by atoms with van der Waals surface area (Å²) in [6.45, 7) is 0.296. The third kappa shape index (κ3) is 3.90. The molecule has 3 aromatic heterocycles. The van der Waals surface area contributed by atoms with E-state index in [9.17, 15) is 4.79 Å². The monoisotopic (exact) mass is 431 g/mol. The molecule has 5 rings (SSSR count). The fourth-order valence-corrected chi connectivity index (χ4v) is 4.15. The predicted molar refractivity (Wildman–Crippen MR) is 116 cm³/mol. The van der Waals surface area contributed by atoms with E-state index in [1.165, 1.54) is 11.3 Å². The number of benzene rings is 2. The zero-order valence-corrected chi connectivity index (χ0v) is 17.5. The van der Waals surface area contributed by atoms with Gasteiger partial charge >= 0.3 is 0 Å². The lowest BCUT2D eigenvalue weighted by molar-refractivity contribution is -0.656. The molecule has 0 aliphatic heterocycles. The van der Waals surface area contributed by atoms with E-state index in [2.05, 4.69) is 34.5 Å². The van der Waals surface area contributed by atoms with Crippen LogP contribution < -0.4 is 17.0 Å². The first kappa shape index (κ1) is 20.0. The van der Waals surface area contributed by atoms with Crippen LogP contribution in [0.25, 0.3) is 33.4 Å². The molecule has 148 valence electrons. The van der Waals surface area contributed by atoms with Crippen LogP contribution >= 0.6 is 11.3 Å². The molecule has 3 heterocycles. The van der Waals surface area contributed by atoms with Crippen molar-refractivity contribution in [3.63, 3.8) is 0 Å². The molecule has 1 N–H and O–H groups in total. The van der Waals surface area contributed by atoms with Crippen molar-refractivity contribution in [1.29, 1.82) is 0 Å². The van der Waals surface area contributed by atoms with Crippen LogP contribution in [0.5, 0.6) is 0 Å². The SMILES string of the molecule is O=C(C[n+]1cc(-c2cc(-c3ccccc3)[nH]n2)cc2ccccc21)c1cccs1.[Cl-]. The Bertz CT molecular complexity index is 1300. The molecule has 0 saturated carbocycles. The van der Waals surface area contributed by atoms with Crippen LogP contribution in [-0.4, -0.2) is 16.0 Å². The quantitative estimate of drug-likeness (QED) is 0.342. The normalized spacial score (nSPS) is 10.7. The van der Waals surface area contributed by atoms with Gasteiger partial charge in [-0.3, -0.25) is 9.89 Å². The number of rotatable bonds is 5. The number of hydrogen-bond acceptors (Lipinski definition) is 3. The van der Waals surface area contributed by atoms with E-state index < -0.39 is 0 Å². The fraction of sp³-hybridized carbons (Fsp3) is 0.0417. The number of halogens is 1. The minimum absolute atomic E-state index is 0. The summed E-state index contributed by atoms with van der Waals surface area (Å²) in [5.74, 6) is 0.110. The van der Waals surface area contributed by atoms with Gasteiger partial charge in [0.25, 0.3) is 0 Å². The Balaban J connectivity index is 0.00000218. The highest BCUT2D eigenvalue weighted by Gasteiger charge is 2.19. The van der Waals surface area contributed by atoms with Gasteiger partial charge in [0.1, 0.15) is 0 Å². The zero-order chi connectivity index (χ0) is 19.6. The zero-order valence-electron chi connectivity index (χ0n) is 16.0. The second-order valence-electron chi connectivity index (χ2n) is 6.85. The summed E-state index contributed by atoms with van der Waals surface area (Å²) in [6.07, 6.45) is 2.01. The highest BCUT2D eigenvalue weighted by atomic mass is 35.5. The molecular weight excluding hydrogens is 414 g/mol. The van der Waals surface area contributed by atoms with Crippen LogP contribution in [0.15, 0.2) is 90.4 Å². The van der Waals surface area contributed by atoms with Gasteiger partial charge in [-0.25, -0.2) is 0 Å². The summed E-state index contributed by atoms with van der Waals surface area (Å²) in [4.78, 5) is 13.5. The maximum absolute atomic E-state index is 12.7. The van der Waals surface area contributed by atoms with E-state index in [1.807, 2.05) is 70.7 Å². The Morgan fingerprint density at radius 2 is 1.73 bits per heavy atom. The average molecular weight is 432 g/mol. The second-order valence-corrected chi connectivity index (χ2v) is 7.80. The second kappa shape index (κ2) is 8.61. The summed E-state index contributed by atoms with van der Waals surface area (Å²) in [6, 6.07) is 26.2. The fourth-order valence-electron chi connectivity index (χ4n) is 3.49. The van der Waals surface area contributed by atoms with E-state index in [1.54, 1.807) is 0 Å². The number of Topliss-reactive ketones (excluding diaryl/α,β-unsaturated/α-hetero) is 1. The molecule has 4 nitrogen and oxygen atoms in total. The van der Waals surface area contributed by atoms with Gasteiger partial charge in [-0.05, 0) is 35.2 Å². The van der Waals surface area contributed by atoms with Gasteiger partial charge in [0, 0.05) is 11.5 Å². The van der Waals surface area contributed by atoms with Crippen LogP contribution in [0.3, 0.4) is 0 Å². The molecule has 0 unspecified atom stereocenters. The Morgan fingerprint density at radius 1 is 0.933 bits per heavy atom. The topological polar surface area (TPSA) is 49.6 Å². The van der Waals surface area contributed by atoms with Crippen molar-refractivity contribution in [3.8, 4) is 22.5 Å². The highest BCUT2D eigenvalue weighted by molar-refractivity contribution is 7.12. The van der Waals surface area contributed by atoms with Gasteiger partial charge in [-0.1, -0.05) is 48.5 Å². The van der Waals surface area contributed by atoms with Crippen molar-refractivity contribution < 1.29 is 21.8 Å². The first-order valence-electron chi connectivity index (χ1n) is 9.38. The Labute approximate surface area is 184 Å². The van der Waals surface area contributed by atoms with Crippen molar-refractivity contribution in [2.75, 3.05) is 0 Å². The average Bonchev–Trinajstić information content (AvgIpc) is 3.47. The third-order valence-corrected chi connectivity index (χ3v) is 5.83. The molecule has 6 heteroatoms. The largest absolute Gasteiger partial charge is 1.00 e. The van der Waals surface area contributed by atoms with Gasteiger partial charge in [-0.2, -0.15) is 9.67 Å². The number of nitrogens with one attached hydrogen (secondary N) is 1. The standard InChI is InChI=1S/C24H18N3OS.ClH/c28-23(24-11-6-12-29-24)16-27-15-19(13-18-9-4-5-10-22(18)27)21-14-20(25-26-21)17-7-2-1-3-8-17;/h1-15H,16H2,(H,25,26);1H/q+1;/p-1. The van der Waals surface area contributed by atoms with Crippen LogP contribution in [0.1, 0.15) is 9.67 Å². The number of aromatic amines is 1. The van der Waals surface area contributed by atoms with Crippen molar-refractivity contribution in [2.45, 2.75) is 6.54 Å². The molecular formula is C24H18ClN3OS. The Kier molecular flexibility index (Phi) is 5.74. The predicted octanol–water partition coefficient (Wildman–Crippen LogP) is 2.13. The molecule has 0 fully saturated rings. The first-order chi connectivity index (χ1) is 14.3. The maximum Gasteiger partial charge on any atom is 0.237 e. The number of para-hydroxylation sites is 1. The van der Waals surface area contributed by atoms with Crippen LogP contribution in [0.4, 0.5) is 0 Å². The molecule has 0 aliphatic carbocycles. The Morgan fingerprint density at radius 3 is 2.53 bits per heavy atom. The van der Waals surface area contributed by atoms with E-state index in [-0.39, 0.29) is 18.2 Å². The van der Waals surface area contributed by atoms with E-state index in [0.717, 1.165) is 38.3 Å². The maximum atomic E-state index is 12.7. The number of carbonyl (C=O) groups excluding carboxylic acids is 1. The van der Waals surface area contributed by atoms with E-state index >= 15 is 0 Å². The number of thiophene rings is 1. The number of ketones is 1.